The average molecular weight is 223 g/mol. The number of nitro groups is 1. The van der Waals surface area contributed by atoms with E-state index in [1.165, 1.54) is 0 Å². The average Bonchev–Trinajstić information content (AvgIpc) is 2.27. The Morgan fingerprint density at radius 2 is 2.25 bits per heavy atom. The SMILES string of the molecule is CCCCOc1cccc(CC[N+](=O)[O-])c1. The molecule has 4 heteroatoms. The minimum absolute atomic E-state index is 0.0294. The van der Waals surface area contributed by atoms with Crippen molar-refractivity contribution in [3.05, 3.63) is 39.9 Å². The van der Waals surface area contributed by atoms with Crippen LogP contribution in [-0.2, 0) is 6.42 Å². The van der Waals surface area contributed by atoms with Crippen molar-refractivity contribution < 1.29 is 9.66 Å². The lowest BCUT2D eigenvalue weighted by Crippen LogP contribution is -2.04. The largest absolute Gasteiger partial charge is 0.494 e. The summed E-state index contributed by atoms with van der Waals surface area (Å²) in [6.45, 7) is 2.78. The molecule has 0 heterocycles. The summed E-state index contributed by atoms with van der Waals surface area (Å²) in [6.07, 6.45) is 2.58. The number of nitrogens with zero attached hydrogens (tertiary/aromatic N) is 1. The molecule has 0 saturated carbocycles. The van der Waals surface area contributed by atoms with Gasteiger partial charge < -0.3 is 4.74 Å². The van der Waals surface area contributed by atoms with Gasteiger partial charge in [-0.3, -0.25) is 10.1 Å². The van der Waals surface area contributed by atoms with E-state index in [2.05, 4.69) is 6.92 Å². The van der Waals surface area contributed by atoms with Gasteiger partial charge in [-0.1, -0.05) is 25.5 Å². The van der Waals surface area contributed by atoms with Crippen LogP contribution in [0.3, 0.4) is 0 Å². The quantitative estimate of drug-likeness (QED) is 0.405. The third-order valence-electron chi connectivity index (χ3n) is 2.25. The maximum Gasteiger partial charge on any atom is 0.207 e. The first-order valence-corrected chi connectivity index (χ1v) is 5.56. The van der Waals surface area contributed by atoms with Crippen LogP contribution >= 0.6 is 0 Å². The van der Waals surface area contributed by atoms with Crippen LogP contribution in [0, 0.1) is 10.1 Å². The third kappa shape index (κ3) is 4.77. The molecule has 0 amide bonds. The van der Waals surface area contributed by atoms with Gasteiger partial charge in [-0.15, -0.1) is 0 Å². The lowest BCUT2D eigenvalue weighted by atomic mass is 10.1. The van der Waals surface area contributed by atoms with E-state index in [0.29, 0.717) is 13.0 Å². The Morgan fingerprint density at radius 1 is 1.44 bits per heavy atom. The summed E-state index contributed by atoms with van der Waals surface area (Å²) in [6, 6.07) is 7.51. The van der Waals surface area contributed by atoms with E-state index in [-0.39, 0.29) is 11.5 Å². The molecule has 0 aliphatic heterocycles. The lowest BCUT2D eigenvalue weighted by Gasteiger charge is -2.06. The highest BCUT2D eigenvalue weighted by Gasteiger charge is 2.01. The molecule has 0 bridgehead atoms. The van der Waals surface area contributed by atoms with Gasteiger partial charge in [0.05, 0.1) is 6.61 Å². The van der Waals surface area contributed by atoms with Gasteiger partial charge >= 0.3 is 0 Å². The summed E-state index contributed by atoms with van der Waals surface area (Å²) in [5.41, 5.74) is 0.950. The minimum atomic E-state index is -0.301. The van der Waals surface area contributed by atoms with Crippen LogP contribution in [0.15, 0.2) is 24.3 Å². The van der Waals surface area contributed by atoms with Gasteiger partial charge in [0.15, 0.2) is 0 Å². The highest BCUT2D eigenvalue weighted by molar-refractivity contribution is 5.28. The predicted octanol–water partition coefficient (Wildman–Crippen LogP) is 2.68. The Hall–Kier alpha value is -1.58. The zero-order valence-corrected chi connectivity index (χ0v) is 9.52. The van der Waals surface area contributed by atoms with E-state index in [4.69, 9.17) is 4.74 Å². The molecule has 0 spiro atoms. The van der Waals surface area contributed by atoms with Gasteiger partial charge in [0, 0.05) is 11.3 Å². The first-order valence-electron chi connectivity index (χ1n) is 5.56. The summed E-state index contributed by atoms with van der Waals surface area (Å²) in [7, 11) is 0. The second-order valence-corrected chi connectivity index (χ2v) is 3.66. The van der Waals surface area contributed by atoms with Crippen molar-refractivity contribution >= 4 is 0 Å². The molecule has 0 fully saturated rings. The van der Waals surface area contributed by atoms with Gasteiger partial charge in [-0.25, -0.2) is 0 Å². The standard InChI is InChI=1S/C12H17NO3/c1-2-3-9-16-12-6-4-5-11(10-12)7-8-13(14)15/h4-6,10H,2-3,7-9H2,1H3. The smallest absolute Gasteiger partial charge is 0.207 e. The van der Waals surface area contributed by atoms with Crippen LogP contribution in [0.4, 0.5) is 0 Å². The molecule has 1 aromatic rings. The molecule has 4 nitrogen and oxygen atoms in total. The van der Waals surface area contributed by atoms with Crippen molar-refractivity contribution in [1.82, 2.24) is 0 Å². The Bertz CT molecular complexity index is 339. The molecule has 1 aromatic carbocycles. The summed E-state index contributed by atoms with van der Waals surface area (Å²) < 4.78 is 5.52. The van der Waals surface area contributed by atoms with Gasteiger partial charge in [-0.2, -0.15) is 0 Å². The lowest BCUT2D eigenvalue weighted by molar-refractivity contribution is -0.479. The Morgan fingerprint density at radius 3 is 2.94 bits per heavy atom. The number of hydrogen-bond acceptors (Lipinski definition) is 3. The molecule has 0 N–H and O–H groups in total. The second kappa shape index (κ2) is 6.82. The van der Waals surface area contributed by atoms with Crippen molar-refractivity contribution in [3.8, 4) is 5.75 Å². The van der Waals surface area contributed by atoms with Crippen LogP contribution in [0.2, 0.25) is 0 Å². The number of hydrogen-bond donors (Lipinski definition) is 0. The van der Waals surface area contributed by atoms with E-state index < -0.39 is 0 Å². The van der Waals surface area contributed by atoms with Crippen LogP contribution in [0.5, 0.6) is 5.75 Å². The van der Waals surface area contributed by atoms with E-state index in [1.54, 1.807) is 0 Å². The van der Waals surface area contributed by atoms with Gasteiger partial charge in [-0.05, 0) is 24.1 Å². The van der Waals surface area contributed by atoms with Crippen LogP contribution < -0.4 is 4.74 Å². The molecule has 16 heavy (non-hydrogen) atoms. The highest BCUT2D eigenvalue weighted by Crippen LogP contribution is 2.14. The fourth-order valence-corrected chi connectivity index (χ4v) is 1.35. The van der Waals surface area contributed by atoms with Crippen molar-refractivity contribution in [3.63, 3.8) is 0 Å². The van der Waals surface area contributed by atoms with E-state index >= 15 is 0 Å². The molecule has 0 atom stereocenters. The Labute approximate surface area is 95.4 Å². The second-order valence-electron chi connectivity index (χ2n) is 3.66. The Kier molecular flexibility index (Phi) is 5.32. The van der Waals surface area contributed by atoms with Gasteiger partial charge in [0.2, 0.25) is 6.54 Å². The maximum absolute atomic E-state index is 10.2. The number of benzene rings is 1. The topological polar surface area (TPSA) is 52.4 Å². The molecule has 0 radical (unpaired) electrons. The van der Waals surface area contributed by atoms with Crippen LogP contribution in [0.25, 0.3) is 0 Å². The predicted molar refractivity (Wildman–Crippen MR) is 62.4 cm³/mol. The first kappa shape index (κ1) is 12.5. The molecule has 88 valence electrons. The summed E-state index contributed by atoms with van der Waals surface area (Å²) in [4.78, 5) is 9.94. The van der Waals surface area contributed by atoms with Crippen molar-refractivity contribution in [2.24, 2.45) is 0 Å². The highest BCUT2D eigenvalue weighted by atomic mass is 16.6. The molecule has 0 aliphatic carbocycles. The van der Waals surface area contributed by atoms with E-state index in [0.717, 1.165) is 24.2 Å². The summed E-state index contributed by atoms with van der Waals surface area (Å²) >= 11 is 0. The van der Waals surface area contributed by atoms with E-state index in [1.807, 2.05) is 24.3 Å². The first-order chi connectivity index (χ1) is 7.72. The summed E-state index contributed by atoms with van der Waals surface area (Å²) in [5.74, 6) is 0.800. The molecule has 0 aliphatic rings. The fraction of sp³-hybridized carbons (Fsp3) is 0.500. The zero-order valence-electron chi connectivity index (χ0n) is 9.52. The number of rotatable bonds is 7. The van der Waals surface area contributed by atoms with Crippen molar-refractivity contribution in [1.29, 1.82) is 0 Å². The number of unbranched alkanes of at least 4 members (excludes halogenated alkanes) is 1. The van der Waals surface area contributed by atoms with Crippen molar-refractivity contribution in [2.75, 3.05) is 13.2 Å². The van der Waals surface area contributed by atoms with Gasteiger partial charge in [0.25, 0.3) is 0 Å². The zero-order chi connectivity index (χ0) is 11.8. The van der Waals surface area contributed by atoms with E-state index in [9.17, 15) is 10.1 Å². The maximum atomic E-state index is 10.2. The third-order valence-corrected chi connectivity index (χ3v) is 2.25. The van der Waals surface area contributed by atoms with Gasteiger partial charge in [0.1, 0.15) is 5.75 Å². The molecular weight excluding hydrogens is 206 g/mol. The molecular formula is C12H17NO3. The minimum Gasteiger partial charge on any atom is -0.494 e. The molecule has 0 unspecified atom stereocenters. The Balaban J connectivity index is 2.46. The van der Waals surface area contributed by atoms with Crippen LogP contribution in [-0.4, -0.2) is 18.1 Å². The normalized spacial score (nSPS) is 10.1. The summed E-state index contributed by atoms with van der Waals surface area (Å²) in [5, 5.41) is 10.2. The monoisotopic (exact) mass is 223 g/mol. The van der Waals surface area contributed by atoms with Crippen LogP contribution in [0.1, 0.15) is 25.3 Å². The van der Waals surface area contributed by atoms with Crippen molar-refractivity contribution in [2.45, 2.75) is 26.2 Å². The number of ether oxygens (including phenoxy) is 1. The molecule has 0 aromatic heterocycles. The molecule has 0 saturated heterocycles. The molecule has 1 rings (SSSR count). The fourth-order valence-electron chi connectivity index (χ4n) is 1.35.